The second-order valence-corrected chi connectivity index (χ2v) is 5.44. The molecule has 6 heteroatoms. The van der Waals surface area contributed by atoms with Gasteiger partial charge in [-0.15, -0.1) is 0 Å². The van der Waals surface area contributed by atoms with E-state index < -0.39 is 5.97 Å². The van der Waals surface area contributed by atoms with Gasteiger partial charge in [-0.25, -0.2) is 0 Å². The van der Waals surface area contributed by atoms with Gasteiger partial charge in [0.05, 0.1) is 10.0 Å². The number of benzene rings is 1. The zero-order valence-corrected chi connectivity index (χ0v) is 13.4. The first kappa shape index (κ1) is 17.5. The molecular formula is C15H17Cl2NO3. The number of nitrogens with zero attached hydrogens (tertiary/aromatic N) is 1. The standard InChI is InChI=1S/C15H17Cl2NO3/c1-3-10(2)18(9-15(20)21)14(19)7-5-11-4-6-12(16)13(17)8-11/h4-8,10H,3,9H2,1-2H3,(H,20,21)/b7-5+. The summed E-state index contributed by atoms with van der Waals surface area (Å²) in [6, 6.07) is 4.85. The first-order valence-electron chi connectivity index (χ1n) is 6.50. The summed E-state index contributed by atoms with van der Waals surface area (Å²) in [5, 5.41) is 9.72. The first-order valence-corrected chi connectivity index (χ1v) is 7.26. The average Bonchev–Trinajstić information content (AvgIpc) is 2.44. The molecule has 1 amide bonds. The van der Waals surface area contributed by atoms with Crippen molar-refractivity contribution in [1.29, 1.82) is 0 Å². The SMILES string of the molecule is CCC(C)N(CC(=O)O)C(=O)/C=C/c1ccc(Cl)c(Cl)c1. The van der Waals surface area contributed by atoms with Crippen LogP contribution in [0, 0.1) is 0 Å². The van der Waals surface area contributed by atoms with Crippen molar-refractivity contribution in [3.8, 4) is 0 Å². The molecule has 114 valence electrons. The number of carbonyl (C=O) groups is 2. The molecule has 1 atom stereocenters. The van der Waals surface area contributed by atoms with Gasteiger partial charge in [0.1, 0.15) is 6.54 Å². The largest absolute Gasteiger partial charge is 0.480 e. The fourth-order valence-electron chi connectivity index (χ4n) is 1.70. The van der Waals surface area contributed by atoms with Crippen molar-refractivity contribution in [3.05, 3.63) is 39.9 Å². The number of carboxylic acid groups (broad SMARTS) is 1. The first-order chi connectivity index (χ1) is 9.85. The molecule has 1 N–H and O–H groups in total. The molecule has 21 heavy (non-hydrogen) atoms. The van der Waals surface area contributed by atoms with Crippen LogP contribution in [0.3, 0.4) is 0 Å². The maximum absolute atomic E-state index is 12.1. The molecule has 0 radical (unpaired) electrons. The quantitative estimate of drug-likeness (QED) is 0.809. The summed E-state index contributed by atoms with van der Waals surface area (Å²) < 4.78 is 0. The van der Waals surface area contributed by atoms with Gasteiger partial charge in [-0.1, -0.05) is 36.2 Å². The molecule has 0 fully saturated rings. The maximum Gasteiger partial charge on any atom is 0.323 e. The highest BCUT2D eigenvalue weighted by Gasteiger charge is 2.19. The fraction of sp³-hybridized carbons (Fsp3) is 0.333. The minimum Gasteiger partial charge on any atom is -0.480 e. The predicted octanol–water partition coefficient (Wildman–Crippen LogP) is 3.72. The molecule has 0 aliphatic heterocycles. The number of hydrogen-bond acceptors (Lipinski definition) is 2. The topological polar surface area (TPSA) is 57.6 Å². The summed E-state index contributed by atoms with van der Waals surface area (Å²) in [5.74, 6) is -1.38. The van der Waals surface area contributed by atoms with Crippen LogP contribution in [0.2, 0.25) is 10.0 Å². The van der Waals surface area contributed by atoms with Crippen molar-refractivity contribution < 1.29 is 14.7 Å². The third kappa shape index (κ3) is 5.40. The second kappa shape index (κ2) is 8.05. The molecule has 0 saturated heterocycles. The predicted molar refractivity (Wildman–Crippen MR) is 84.6 cm³/mol. The van der Waals surface area contributed by atoms with Crippen LogP contribution >= 0.6 is 23.2 Å². The number of aliphatic carboxylic acids is 1. The summed E-state index contributed by atoms with van der Waals surface area (Å²) in [7, 11) is 0. The Kier molecular flexibility index (Phi) is 6.72. The van der Waals surface area contributed by atoms with E-state index in [0.717, 1.165) is 5.56 Å². The van der Waals surface area contributed by atoms with Gasteiger partial charge in [-0.05, 0) is 37.1 Å². The van der Waals surface area contributed by atoms with Gasteiger partial charge in [0, 0.05) is 12.1 Å². The molecule has 0 aromatic heterocycles. The van der Waals surface area contributed by atoms with Crippen LogP contribution in [0.25, 0.3) is 6.08 Å². The minimum atomic E-state index is -1.04. The van der Waals surface area contributed by atoms with E-state index in [-0.39, 0.29) is 18.5 Å². The van der Waals surface area contributed by atoms with E-state index in [9.17, 15) is 9.59 Å². The Morgan fingerprint density at radius 2 is 2.00 bits per heavy atom. The summed E-state index contributed by atoms with van der Waals surface area (Å²) in [4.78, 5) is 24.3. The lowest BCUT2D eigenvalue weighted by Crippen LogP contribution is -2.40. The highest BCUT2D eigenvalue weighted by atomic mass is 35.5. The zero-order valence-electron chi connectivity index (χ0n) is 11.8. The van der Waals surface area contributed by atoms with Crippen LogP contribution < -0.4 is 0 Å². The molecule has 1 rings (SSSR count). The van der Waals surface area contributed by atoms with E-state index in [0.29, 0.717) is 16.5 Å². The van der Waals surface area contributed by atoms with Gasteiger partial charge in [0.2, 0.25) is 5.91 Å². The van der Waals surface area contributed by atoms with Crippen molar-refractivity contribution in [2.75, 3.05) is 6.54 Å². The molecule has 0 aliphatic carbocycles. The van der Waals surface area contributed by atoms with E-state index in [1.165, 1.54) is 11.0 Å². The Morgan fingerprint density at radius 1 is 1.33 bits per heavy atom. The third-order valence-electron chi connectivity index (χ3n) is 3.07. The monoisotopic (exact) mass is 329 g/mol. The molecule has 0 aliphatic rings. The molecule has 1 aromatic rings. The number of amides is 1. The third-order valence-corrected chi connectivity index (χ3v) is 3.81. The van der Waals surface area contributed by atoms with Crippen molar-refractivity contribution in [2.24, 2.45) is 0 Å². The lowest BCUT2D eigenvalue weighted by Gasteiger charge is -2.25. The van der Waals surface area contributed by atoms with Crippen LogP contribution in [0.15, 0.2) is 24.3 Å². The molecule has 1 aromatic carbocycles. The Bertz CT molecular complexity index is 558. The van der Waals surface area contributed by atoms with Crippen LogP contribution in [0.1, 0.15) is 25.8 Å². The molecule has 4 nitrogen and oxygen atoms in total. The Morgan fingerprint density at radius 3 is 2.52 bits per heavy atom. The molecule has 1 unspecified atom stereocenters. The second-order valence-electron chi connectivity index (χ2n) is 4.62. The fourth-order valence-corrected chi connectivity index (χ4v) is 2.00. The smallest absolute Gasteiger partial charge is 0.323 e. The van der Waals surface area contributed by atoms with Crippen molar-refractivity contribution in [1.82, 2.24) is 4.90 Å². The van der Waals surface area contributed by atoms with Gasteiger partial charge in [0.25, 0.3) is 0 Å². The summed E-state index contributed by atoms with van der Waals surface area (Å²) in [6.45, 7) is 3.39. The van der Waals surface area contributed by atoms with Crippen LogP contribution in [0.5, 0.6) is 0 Å². The normalized spacial score (nSPS) is 12.4. The van der Waals surface area contributed by atoms with E-state index in [2.05, 4.69) is 0 Å². The lowest BCUT2D eigenvalue weighted by molar-refractivity contribution is -0.144. The van der Waals surface area contributed by atoms with Crippen molar-refractivity contribution >= 4 is 41.2 Å². The number of halogens is 2. The molecule has 0 bridgehead atoms. The lowest BCUT2D eigenvalue weighted by atomic mass is 10.2. The van der Waals surface area contributed by atoms with Crippen LogP contribution in [0.4, 0.5) is 0 Å². The van der Waals surface area contributed by atoms with Gasteiger partial charge in [0.15, 0.2) is 0 Å². The van der Waals surface area contributed by atoms with Crippen LogP contribution in [-0.4, -0.2) is 34.5 Å². The van der Waals surface area contributed by atoms with E-state index in [4.69, 9.17) is 28.3 Å². The van der Waals surface area contributed by atoms with Crippen molar-refractivity contribution in [2.45, 2.75) is 26.3 Å². The summed E-state index contributed by atoms with van der Waals surface area (Å²) >= 11 is 11.7. The highest BCUT2D eigenvalue weighted by Crippen LogP contribution is 2.23. The highest BCUT2D eigenvalue weighted by molar-refractivity contribution is 6.42. The van der Waals surface area contributed by atoms with Gasteiger partial charge >= 0.3 is 5.97 Å². The number of rotatable bonds is 6. The molecular weight excluding hydrogens is 313 g/mol. The van der Waals surface area contributed by atoms with Gasteiger partial charge < -0.3 is 10.0 Å². The van der Waals surface area contributed by atoms with E-state index >= 15 is 0 Å². The van der Waals surface area contributed by atoms with Gasteiger partial charge in [-0.3, -0.25) is 9.59 Å². The number of hydrogen-bond donors (Lipinski definition) is 1. The summed E-state index contributed by atoms with van der Waals surface area (Å²) in [5.41, 5.74) is 0.720. The molecule has 0 saturated carbocycles. The van der Waals surface area contributed by atoms with E-state index in [1.807, 2.05) is 13.8 Å². The van der Waals surface area contributed by atoms with Gasteiger partial charge in [-0.2, -0.15) is 0 Å². The maximum atomic E-state index is 12.1. The number of carboxylic acids is 1. The number of carbonyl (C=O) groups excluding carboxylic acids is 1. The van der Waals surface area contributed by atoms with E-state index in [1.54, 1.807) is 24.3 Å². The Hall–Kier alpha value is -1.52. The average molecular weight is 330 g/mol. The summed E-state index contributed by atoms with van der Waals surface area (Å²) in [6.07, 6.45) is 3.61. The molecule has 0 spiro atoms. The molecule has 0 heterocycles. The van der Waals surface area contributed by atoms with Crippen LogP contribution in [-0.2, 0) is 9.59 Å². The Labute approximate surface area is 134 Å². The zero-order chi connectivity index (χ0) is 16.0. The minimum absolute atomic E-state index is 0.146. The van der Waals surface area contributed by atoms with Crippen molar-refractivity contribution in [3.63, 3.8) is 0 Å². The Balaban J connectivity index is 2.86.